The first-order valence-corrected chi connectivity index (χ1v) is 15.8. The van der Waals surface area contributed by atoms with E-state index in [2.05, 4.69) is 48.5 Å². The summed E-state index contributed by atoms with van der Waals surface area (Å²) in [6.07, 6.45) is 2.81. The van der Waals surface area contributed by atoms with E-state index in [0.717, 1.165) is 22.0 Å². The predicted octanol–water partition coefficient (Wildman–Crippen LogP) is 8.79. The number of benzene rings is 4. The van der Waals surface area contributed by atoms with Gasteiger partial charge in [-0.3, -0.25) is 9.78 Å². The fourth-order valence-electron chi connectivity index (χ4n) is 5.65. The molecule has 2 amide bonds. The maximum Gasteiger partial charge on any atom is 0.323 e. The molecule has 8 heteroatoms. The number of nitrogens with one attached hydrogen (secondary N) is 2. The summed E-state index contributed by atoms with van der Waals surface area (Å²) >= 11 is 0. The average Bonchev–Trinajstić information content (AvgIpc) is 3.03. The lowest BCUT2D eigenvalue weighted by Gasteiger charge is -2.27. The Morgan fingerprint density at radius 2 is 1.60 bits per heavy atom. The Morgan fingerprint density at radius 3 is 2.30 bits per heavy atom. The molecule has 0 atom stereocenters. The topological polar surface area (TPSA) is 98.8 Å². The van der Waals surface area contributed by atoms with Gasteiger partial charge >= 0.3 is 6.03 Å². The molecule has 0 saturated carbocycles. The van der Waals surface area contributed by atoms with Crippen LogP contribution in [-0.2, 0) is 16.6 Å². The van der Waals surface area contributed by atoms with E-state index in [4.69, 9.17) is 14.2 Å². The molecule has 1 aliphatic rings. The lowest BCUT2D eigenvalue weighted by Crippen LogP contribution is -2.30. The normalized spacial score (nSPS) is 13.1. The van der Waals surface area contributed by atoms with Gasteiger partial charge in [-0.2, -0.15) is 0 Å². The van der Waals surface area contributed by atoms with E-state index in [1.54, 1.807) is 6.20 Å². The zero-order chi connectivity index (χ0) is 33.0. The number of hydrogen-bond donors (Lipinski definition) is 2. The van der Waals surface area contributed by atoms with Crippen molar-refractivity contribution < 1.29 is 23.8 Å². The molecule has 2 N–H and O–H groups in total. The van der Waals surface area contributed by atoms with Crippen LogP contribution in [0.4, 0.5) is 16.2 Å². The van der Waals surface area contributed by atoms with Crippen LogP contribution in [0.1, 0.15) is 54.4 Å². The number of carbonyl (C=O) groups is 2. The third-order valence-corrected chi connectivity index (χ3v) is 8.27. The molecule has 0 radical (unpaired) electrons. The highest BCUT2D eigenvalue weighted by molar-refractivity contribution is 6.09. The van der Waals surface area contributed by atoms with Gasteiger partial charge in [-0.1, -0.05) is 75.4 Å². The largest absolute Gasteiger partial charge is 0.494 e. The summed E-state index contributed by atoms with van der Waals surface area (Å²) in [5.41, 5.74) is 4.22. The zero-order valence-corrected chi connectivity index (χ0v) is 27.1. The maximum atomic E-state index is 13.5. The molecule has 4 aromatic carbocycles. The first-order valence-electron chi connectivity index (χ1n) is 15.8. The molecule has 240 valence electrons. The van der Waals surface area contributed by atoms with Gasteiger partial charge in [-0.25, -0.2) is 4.79 Å². The molecule has 1 saturated heterocycles. The van der Waals surface area contributed by atoms with Gasteiger partial charge in [0.2, 0.25) is 0 Å². The molecule has 0 aliphatic carbocycles. The quantitative estimate of drug-likeness (QED) is 0.150. The summed E-state index contributed by atoms with van der Waals surface area (Å²) in [6, 6.07) is 28.7. The Bertz CT molecular complexity index is 1910. The second-order valence-corrected chi connectivity index (χ2v) is 12.9. The van der Waals surface area contributed by atoms with Crippen molar-refractivity contribution in [2.75, 3.05) is 31.0 Å². The number of pyridine rings is 1. The van der Waals surface area contributed by atoms with Crippen LogP contribution in [0, 0.1) is 5.92 Å². The number of amides is 2. The molecule has 0 bridgehead atoms. The molecule has 8 nitrogen and oxygen atoms in total. The van der Waals surface area contributed by atoms with Crippen molar-refractivity contribution in [3.63, 3.8) is 0 Å². The van der Waals surface area contributed by atoms with E-state index in [9.17, 15) is 9.59 Å². The molecule has 2 heterocycles. The van der Waals surface area contributed by atoms with Crippen LogP contribution in [0.25, 0.3) is 10.8 Å². The lowest BCUT2D eigenvalue weighted by molar-refractivity contribution is -0.0322. The smallest absolute Gasteiger partial charge is 0.323 e. The Kier molecular flexibility index (Phi) is 9.22. The summed E-state index contributed by atoms with van der Waals surface area (Å²) in [4.78, 5) is 31.4. The van der Waals surface area contributed by atoms with Gasteiger partial charge in [0.1, 0.15) is 11.5 Å². The summed E-state index contributed by atoms with van der Waals surface area (Å²) in [5, 5.41) is 7.60. The van der Waals surface area contributed by atoms with Crippen LogP contribution in [0.3, 0.4) is 0 Å². The minimum atomic E-state index is -0.460. The van der Waals surface area contributed by atoms with Crippen LogP contribution in [0.5, 0.6) is 17.2 Å². The number of ketones is 1. The SMILES string of the molecule is COc1c(NC(=O)Nc2ccc(Oc3ccnc(Cc4ccccc4)c3)c3ccccc23)cc(C(C)(C)C)cc1C(=O)CC1COC1. The molecule has 1 aromatic heterocycles. The van der Waals surface area contributed by atoms with Crippen molar-refractivity contribution in [2.45, 2.75) is 39.0 Å². The molecule has 47 heavy (non-hydrogen) atoms. The van der Waals surface area contributed by atoms with E-state index in [1.807, 2.05) is 78.9 Å². The second kappa shape index (κ2) is 13.6. The minimum Gasteiger partial charge on any atom is -0.494 e. The van der Waals surface area contributed by atoms with Crippen molar-refractivity contribution in [1.29, 1.82) is 0 Å². The number of anilines is 2. The summed E-state index contributed by atoms with van der Waals surface area (Å²) in [5.74, 6) is 1.84. The molecule has 6 rings (SSSR count). The molecule has 1 fully saturated rings. The number of carbonyl (C=O) groups excluding carboxylic acids is 2. The highest BCUT2D eigenvalue weighted by Crippen LogP contribution is 2.38. The van der Waals surface area contributed by atoms with E-state index in [1.165, 1.54) is 12.7 Å². The fourth-order valence-corrected chi connectivity index (χ4v) is 5.65. The third-order valence-electron chi connectivity index (χ3n) is 8.27. The van der Waals surface area contributed by atoms with E-state index >= 15 is 0 Å². The predicted molar refractivity (Wildman–Crippen MR) is 185 cm³/mol. The van der Waals surface area contributed by atoms with Crippen LogP contribution < -0.4 is 20.1 Å². The van der Waals surface area contributed by atoms with Crippen molar-refractivity contribution in [3.05, 3.63) is 120 Å². The number of Topliss-reactive ketones (excluding diaryl/α,β-unsaturated/α-hetero) is 1. The second-order valence-electron chi connectivity index (χ2n) is 12.9. The first-order chi connectivity index (χ1) is 22.7. The van der Waals surface area contributed by atoms with E-state index in [0.29, 0.717) is 60.2 Å². The minimum absolute atomic E-state index is 0.0346. The molecule has 5 aromatic rings. The number of aromatic nitrogens is 1. The van der Waals surface area contributed by atoms with Crippen LogP contribution in [-0.4, -0.2) is 37.1 Å². The monoisotopic (exact) mass is 629 g/mol. The Hall–Kier alpha value is -5.21. The number of rotatable bonds is 10. The molecule has 0 spiro atoms. The molecular weight excluding hydrogens is 590 g/mol. The Labute approximate surface area is 275 Å². The Morgan fingerprint density at radius 1 is 0.872 bits per heavy atom. The van der Waals surface area contributed by atoms with E-state index < -0.39 is 6.03 Å². The summed E-state index contributed by atoms with van der Waals surface area (Å²) in [7, 11) is 1.51. The highest BCUT2D eigenvalue weighted by Gasteiger charge is 2.28. The maximum absolute atomic E-state index is 13.5. The first kappa shape index (κ1) is 31.8. The number of fused-ring (bicyclic) bond motifs is 1. The highest BCUT2D eigenvalue weighted by atomic mass is 16.5. The van der Waals surface area contributed by atoms with Crippen molar-refractivity contribution in [1.82, 2.24) is 4.98 Å². The summed E-state index contributed by atoms with van der Waals surface area (Å²) < 4.78 is 17.3. The number of nitrogens with zero attached hydrogens (tertiary/aromatic N) is 1. The molecule has 1 aliphatic heterocycles. The van der Waals surface area contributed by atoms with Crippen LogP contribution >= 0.6 is 0 Å². The van der Waals surface area contributed by atoms with Gasteiger partial charge in [-0.15, -0.1) is 0 Å². The van der Waals surface area contributed by atoms with Crippen molar-refractivity contribution in [2.24, 2.45) is 5.92 Å². The number of methoxy groups -OCH3 is 1. The van der Waals surface area contributed by atoms with Gasteiger partial charge in [0.15, 0.2) is 11.5 Å². The molecular formula is C39H39N3O5. The van der Waals surface area contributed by atoms with E-state index in [-0.39, 0.29) is 17.1 Å². The lowest BCUT2D eigenvalue weighted by atomic mass is 9.84. The van der Waals surface area contributed by atoms with Crippen LogP contribution in [0.2, 0.25) is 0 Å². The zero-order valence-electron chi connectivity index (χ0n) is 27.1. The van der Waals surface area contributed by atoms with Gasteiger partial charge in [0.25, 0.3) is 0 Å². The number of urea groups is 1. The molecule has 0 unspecified atom stereocenters. The van der Waals surface area contributed by atoms with Crippen molar-refractivity contribution in [3.8, 4) is 17.2 Å². The standard InChI is InChI=1S/C39H39N3O5/c1-39(2,3)27-20-32(35(43)19-26-23-46-24-26)37(45-4)34(21-27)42-38(44)41-33-14-15-36(31-13-9-8-12-30(31)33)47-29-16-17-40-28(22-29)18-25-10-6-5-7-11-25/h5-17,20-22,26H,18-19,23-24H2,1-4H3,(H2,41,42,44). The summed E-state index contributed by atoms with van der Waals surface area (Å²) in [6.45, 7) is 7.36. The van der Waals surface area contributed by atoms with Crippen molar-refractivity contribution >= 4 is 34.0 Å². The fraction of sp³-hybridized carbons (Fsp3) is 0.256. The Balaban J connectivity index is 1.24. The third kappa shape index (κ3) is 7.45. The van der Waals surface area contributed by atoms with Gasteiger partial charge in [0.05, 0.1) is 37.3 Å². The van der Waals surface area contributed by atoms with Gasteiger partial charge < -0.3 is 24.8 Å². The number of ether oxygens (including phenoxy) is 3. The van der Waals surface area contributed by atoms with Gasteiger partial charge in [-0.05, 0) is 46.9 Å². The average molecular weight is 630 g/mol. The van der Waals surface area contributed by atoms with Crippen LogP contribution in [0.15, 0.2) is 97.2 Å². The number of hydrogen-bond acceptors (Lipinski definition) is 6. The van der Waals surface area contributed by atoms with Gasteiger partial charge in [0, 0.05) is 47.5 Å².